The second-order valence-electron chi connectivity index (χ2n) is 5.66. The summed E-state index contributed by atoms with van der Waals surface area (Å²) in [5, 5.41) is 10.1. The fraction of sp³-hybridized carbons (Fsp3) is 0.500. The fourth-order valence-electron chi connectivity index (χ4n) is 2.39. The molecule has 0 aromatic carbocycles. The molecule has 1 N–H and O–H groups in total. The lowest BCUT2D eigenvalue weighted by molar-refractivity contribution is 0.392. The van der Waals surface area contributed by atoms with Crippen LogP contribution in [0.3, 0.4) is 0 Å². The molecule has 0 aliphatic carbocycles. The topological polar surface area (TPSA) is 70.5 Å². The Hall–Kier alpha value is -0.885. The van der Waals surface area contributed by atoms with Crippen molar-refractivity contribution in [2.24, 2.45) is 0 Å². The quantitative estimate of drug-likeness (QED) is 0.822. The average Bonchev–Trinajstić information content (AvgIpc) is 2.44. The van der Waals surface area contributed by atoms with Crippen LogP contribution >= 0.6 is 11.6 Å². The molecule has 120 valence electrons. The van der Waals surface area contributed by atoms with E-state index in [-0.39, 0.29) is 5.75 Å². The molecule has 1 aromatic rings. The van der Waals surface area contributed by atoms with Crippen LogP contribution in [-0.2, 0) is 16.3 Å². The normalized spacial score (nSPS) is 16.5. The Morgan fingerprint density at radius 3 is 2.73 bits per heavy atom. The molecule has 0 bridgehead atoms. The number of pyridine rings is 1. The summed E-state index contributed by atoms with van der Waals surface area (Å²) in [5.74, 6) is 0.0937. The van der Waals surface area contributed by atoms with Gasteiger partial charge in [-0.1, -0.05) is 17.7 Å². The van der Waals surface area contributed by atoms with Gasteiger partial charge in [0.1, 0.15) is 9.84 Å². The molecule has 0 spiro atoms. The van der Waals surface area contributed by atoms with Crippen LogP contribution in [0.25, 0.3) is 5.57 Å². The number of hydrogen-bond donors (Lipinski definition) is 1. The zero-order chi connectivity index (χ0) is 16.3. The highest BCUT2D eigenvalue weighted by atomic mass is 35.5. The first-order valence-electron chi connectivity index (χ1n) is 7.20. The van der Waals surface area contributed by atoms with Gasteiger partial charge < -0.3 is 9.83 Å². The van der Waals surface area contributed by atoms with Crippen molar-refractivity contribution in [3.63, 3.8) is 0 Å². The van der Waals surface area contributed by atoms with E-state index in [1.165, 1.54) is 6.26 Å². The van der Waals surface area contributed by atoms with E-state index in [1.807, 2.05) is 10.9 Å². The first kappa shape index (κ1) is 17.5. The van der Waals surface area contributed by atoms with Crippen LogP contribution in [-0.4, -0.2) is 55.4 Å². The predicted octanol–water partition coefficient (Wildman–Crippen LogP) is 1.52. The van der Waals surface area contributed by atoms with E-state index in [9.17, 15) is 13.4 Å². The van der Waals surface area contributed by atoms with E-state index < -0.39 is 16.9 Å². The zero-order valence-electron chi connectivity index (χ0n) is 12.8. The number of nitrogens with zero attached hydrogens (tertiary/aromatic N) is 2. The third-order valence-electron chi connectivity index (χ3n) is 3.73. The molecule has 2 rings (SSSR count). The van der Waals surface area contributed by atoms with Crippen LogP contribution in [0.15, 0.2) is 18.3 Å². The molecule has 1 aliphatic heterocycles. The van der Waals surface area contributed by atoms with Gasteiger partial charge in [-0.05, 0) is 43.4 Å². The van der Waals surface area contributed by atoms with Gasteiger partial charge in [0.2, 0.25) is 0 Å². The van der Waals surface area contributed by atoms with Crippen LogP contribution in [0.4, 0.5) is 0 Å². The summed E-state index contributed by atoms with van der Waals surface area (Å²) < 4.78 is 22.4. The van der Waals surface area contributed by atoms with Gasteiger partial charge in [0.15, 0.2) is 0 Å². The van der Waals surface area contributed by atoms with Crippen molar-refractivity contribution in [3.8, 4) is 0 Å². The van der Waals surface area contributed by atoms with Gasteiger partial charge in [-0.3, -0.25) is 4.98 Å². The van der Waals surface area contributed by atoms with Gasteiger partial charge in [0.25, 0.3) is 0 Å². The van der Waals surface area contributed by atoms with Crippen LogP contribution in [0.5, 0.6) is 0 Å². The molecule has 0 unspecified atom stereocenters. The molecular formula is C14H20BClN2O3S. The van der Waals surface area contributed by atoms with Crippen LogP contribution in [0.1, 0.15) is 17.7 Å². The summed E-state index contributed by atoms with van der Waals surface area (Å²) in [6.07, 6.45) is 6.13. The third kappa shape index (κ3) is 4.81. The van der Waals surface area contributed by atoms with E-state index in [1.54, 1.807) is 19.1 Å². The summed E-state index contributed by atoms with van der Waals surface area (Å²) in [6.45, 7) is 3.18. The lowest BCUT2D eigenvalue weighted by Crippen LogP contribution is -2.39. The highest BCUT2D eigenvalue weighted by Gasteiger charge is 2.21. The van der Waals surface area contributed by atoms with E-state index in [2.05, 4.69) is 4.98 Å². The van der Waals surface area contributed by atoms with Gasteiger partial charge in [-0.15, -0.1) is 0 Å². The molecule has 0 saturated carbocycles. The van der Waals surface area contributed by atoms with Gasteiger partial charge in [-0.2, -0.15) is 0 Å². The second kappa shape index (κ2) is 7.13. The van der Waals surface area contributed by atoms with Crippen LogP contribution in [0, 0.1) is 0 Å². The Bertz CT molecular complexity index is 677. The first-order valence-corrected chi connectivity index (χ1v) is 9.64. The highest BCUT2D eigenvalue weighted by molar-refractivity contribution is 7.90. The second-order valence-corrected chi connectivity index (χ2v) is 8.33. The molecule has 0 fully saturated rings. The molecule has 1 aromatic heterocycles. The average molecular weight is 343 g/mol. The summed E-state index contributed by atoms with van der Waals surface area (Å²) in [4.78, 5) is 6.35. The van der Waals surface area contributed by atoms with Crippen molar-refractivity contribution >= 4 is 34.1 Å². The molecule has 5 nitrogen and oxygen atoms in total. The molecule has 8 heteroatoms. The maximum atomic E-state index is 11.2. The summed E-state index contributed by atoms with van der Waals surface area (Å²) in [5.41, 5.74) is 2.63. The van der Waals surface area contributed by atoms with E-state index in [0.717, 1.165) is 29.8 Å². The van der Waals surface area contributed by atoms with Crippen molar-refractivity contribution in [2.75, 3.05) is 25.1 Å². The van der Waals surface area contributed by atoms with Crippen LogP contribution < -0.4 is 0 Å². The van der Waals surface area contributed by atoms with Crippen molar-refractivity contribution in [2.45, 2.75) is 19.7 Å². The van der Waals surface area contributed by atoms with Gasteiger partial charge in [0.05, 0.1) is 16.5 Å². The monoisotopic (exact) mass is 342 g/mol. The Kier molecular flexibility index (Phi) is 5.66. The van der Waals surface area contributed by atoms with Gasteiger partial charge in [0, 0.05) is 19.0 Å². The SMILES string of the molecule is CB(O)N1CC=C(c2ncc(CCS(C)(=O)=O)cc2Cl)CC1. The summed E-state index contributed by atoms with van der Waals surface area (Å²) in [7, 11) is -3.45. The minimum absolute atomic E-state index is 0.0937. The maximum Gasteiger partial charge on any atom is 0.376 e. The van der Waals surface area contributed by atoms with Crippen molar-refractivity contribution in [3.05, 3.63) is 34.6 Å². The van der Waals surface area contributed by atoms with E-state index in [0.29, 0.717) is 18.0 Å². The van der Waals surface area contributed by atoms with E-state index >= 15 is 0 Å². The lowest BCUT2D eigenvalue weighted by atomic mass is 9.83. The minimum Gasteiger partial charge on any atom is -0.437 e. The Morgan fingerprint density at radius 1 is 1.50 bits per heavy atom. The van der Waals surface area contributed by atoms with Crippen molar-refractivity contribution in [1.29, 1.82) is 0 Å². The number of sulfone groups is 1. The number of aromatic nitrogens is 1. The summed E-state index contributed by atoms with van der Waals surface area (Å²) >= 11 is 6.30. The highest BCUT2D eigenvalue weighted by Crippen LogP contribution is 2.27. The number of hydrogen-bond acceptors (Lipinski definition) is 5. The smallest absolute Gasteiger partial charge is 0.376 e. The number of halogens is 1. The zero-order valence-corrected chi connectivity index (χ0v) is 14.4. The van der Waals surface area contributed by atoms with Crippen molar-refractivity contribution in [1.82, 2.24) is 9.79 Å². The molecule has 0 radical (unpaired) electrons. The number of rotatable bonds is 5. The molecular weight excluding hydrogens is 322 g/mol. The van der Waals surface area contributed by atoms with Gasteiger partial charge in [-0.25, -0.2) is 8.42 Å². The molecule has 0 saturated heterocycles. The summed E-state index contributed by atoms with van der Waals surface area (Å²) in [6, 6.07) is 1.79. The molecule has 0 amide bonds. The first-order chi connectivity index (χ1) is 10.3. The van der Waals surface area contributed by atoms with Crippen LogP contribution in [0.2, 0.25) is 11.8 Å². The van der Waals surface area contributed by atoms with Gasteiger partial charge >= 0.3 is 7.05 Å². The minimum atomic E-state index is -2.99. The maximum absolute atomic E-state index is 11.2. The molecule has 22 heavy (non-hydrogen) atoms. The Morgan fingerprint density at radius 2 is 2.23 bits per heavy atom. The molecule has 1 aliphatic rings. The predicted molar refractivity (Wildman–Crippen MR) is 90.7 cm³/mol. The Labute approximate surface area is 137 Å². The number of aryl methyl sites for hydroxylation is 1. The largest absolute Gasteiger partial charge is 0.437 e. The standard InChI is InChI=1S/C14H20BClN2O3S/c1-15(19)18-6-3-12(4-7-18)14-13(16)9-11(10-17-14)5-8-22(2,20)21/h3,9-10,19H,4-8H2,1-2H3. The van der Waals surface area contributed by atoms with Crippen molar-refractivity contribution < 1.29 is 13.4 Å². The molecule has 2 heterocycles. The third-order valence-corrected chi connectivity index (χ3v) is 4.97. The lowest BCUT2D eigenvalue weighted by Gasteiger charge is -2.27. The molecule has 0 atom stereocenters. The fourth-order valence-corrected chi connectivity index (χ4v) is 3.31. The Balaban J connectivity index is 2.10. The van der Waals surface area contributed by atoms with E-state index in [4.69, 9.17) is 11.6 Å².